The van der Waals surface area contributed by atoms with Crippen LogP contribution in [0.5, 0.6) is 0 Å². The number of nitrogens with one attached hydrogen (secondary N) is 1. The highest BCUT2D eigenvalue weighted by Crippen LogP contribution is 2.43. The van der Waals surface area contributed by atoms with Gasteiger partial charge in [-0.05, 0) is 37.5 Å². The second-order valence-corrected chi connectivity index (χ2v) is 6.77. The van der Waals surface area contributed by atoms with Crippen molar-refractivity contribution in [3.8, 4) is 0 Å². The van der Waals surface area contributed by atoms with Crippen LogP contribution in [0.4, 0.5) is 0 Å². The quantitative estimate of drug-likeness (QED) is 0.776. The molecule has 0 radical (unpaired) electrons. The Morgan fingerprint density at radius 2 is 2.06 bits per heavy atom. The second-order valence-electron chi connectivity index (χ2n) is 6.77. The summed E-state index contributed by atoms with van der Waals surface area (Å²) in [5.41, 5.74) is 6.54. The molecule has 0 aliphatic heterocycles. The van der Waals surface area contributed by atoms with Crippen molar-refractivity contribution in [2.45, 2.75) is 58.6 Å². The van der Waals surface area contributed by atoms with Gasteiger partial charge in [-0.15, -0.1) is 0 Å². The molecule has 0 amide bonds. The van der Waals surface area contributed by atoms with Gasteiger partial charge in [-0.2, -0.15) is 0 Å². The minimum atomic E-state index is 0.105. The van der Waals surface area contributed by atoms with Crippen LogP contribution in [0.3, 0.4) is 0 Å². The predicted octanol–water partition coefficient (Wildman–Crippen LogP) is 2.15. The summed E-state index contributed by atoms with van der Waals surface area (Å²) in [6.45, 7) is 10.7. The monoisotopic (exact) mass is 242 g/mol. The zero-order chi connectivity index (χ0) is 13.1. The van der Waals surface area contributed by atoms with Gasteiger partial charge >= 0.3 is 0 Å². The van der Waals surface area contributed by atoms with Crippen LogP contribution in [-0.4, -0.2) is 31.8 Å². The summed E-state index contributed by atoms with van der Waals surface area (Å²) in [5.74, 6) is 0.743. The lowest BCUT2D eigenvalue weighted by Gasteiger charge is -2.48. The maximum absolute atomic E-state index is 6.05. The highest BCUT2D eigenvalue weighted by Gasteiger charge is 2.41. The van der Waals surface area contributed by atoms with E-state index in [-0.39, 0.29) is 11.6 Å². The van der Waals surface area contributed by atoms with E-state index >= 15 is 0 Å². The summed E-state index contributed by atoms with van der Waals surface area (Å²) in [4.78, 5) is 0. The molecule has 0 heterocycles. The summed E-state index contributed by atoms with van der Waals surface area (Å²) in [6, 6.07) is 0. The summed E-state index contributed by atoms with van der Waals surface area (Å²) in [7, 11) is 1.76. The Morgan fingerprint density at radius 1 is 1.41 bits per heavy atom. The lowest BCUT2D eigenvalue weighted by molar-refractivity contribution is 0.0612. The van der Waals surface area contributed by atoms with E-state index in [2.05, 4.69) is 33.0 Å². The first kappa shape index (κ1) is 14.9. The van der Waals surface area contributed by atoms with Crippen molar-refractivity contribution < 1.29 is 4.74 Å². The third kappa shape index (κ3) is 4.23. The number of hydrogen-bond donors (Lipinski definition) is 2. The first-order valence-corrected chi connectivity index (χ1v) is 6.80. The van der Waals surface area contributed by atoms with Crippen molar-refractivity contribution in [3.63, 3.8) is 0 Å². The lowest BCUT2D eigenvalue weighted by atomic mass is 9.64. The molecule has 0 aromatic heterocycles. The minimum absolute atomic E-state index is 0.105. The number of ether oxygens (including phenoxy) is 1. The number of nitrogens with two attached hydrogens (primary N) is 1. The Labute approximate surface area is 106 Å². The van der Waals surface area contributed by atoms with E-state index < -0.39 is 0 Å². The average Bonchev–Trinajstić information content (AvgIpc) is 2.23. The van der Waals surface area contributed by atoms with Crippen molar-refractivity contribution in [2.75, 3.05) is 20.2 Å². The zero-order valence-corrected chi connectivity index (χ0v) is 12.2. The molecular formula is C14H30N2O. The molecule has 0 bridgehead atoms. The lowest BCUT2D eigenvalue weighted by Crippen LogP contribution is -2.58. The molecular weight excluding hydrogens is 212 g/mol. The smallest absolute Gasteiger partial charge is 0.0667 e. The van der Waals surface area contributed by atoms with Crippen LogP contribution in [0.2, 0.25) is 0 Å². The van der Waals surface area contributed by atoms with E-state index in [1.54, 1.807) is 7.11 Å². The molecule has 3 atom stereocenters. The van der Waals surface area contributed by atoms with Crippen molar-refractivity contribution in [1.82, 2.24) is 5.32 Å². The van der Waals surface area contributed by atoms with E-state index in [1.165, 1.54) is 12.8 Å². The minimum Gasteiger partial charge on any atom is -0.380 e. The Balaban J connectivity index is 2.66. The maximum atomic E-state index is 6.05. The van der Waals surface area contributed by atoms with Gasteiger partial charge in [-0.1, -0.05) is 20.8 Å². The van der Waals surface area contributed by atoms with Crippen LogP contribution < -0.4 is 11.1 Å². The van der Waals surface area contributed by atoms with Gasteiger partial charge in [-0.3, -0.25) is 0 Å². The molecule has 3 heteroatoms. The Hall–Kier alpha value is -0.120. The van der Waals surface area contributed by atoms with Crippen LogP contribution in [0, 0.1) is 11.3 Å². The van der Waals surface area contributed by atoms with E-state index in [4.69, 9.17) is 10.5 Å². The predicted molar refractivity (Wildman–Crippen MR) is 73.1 cm³/mol. The molecule has 1 aliphatic carbocycles. The molecule has 0 saturated heterocycles. The van der Waals surface area contributed by atoms with Crippen LogP contribution in [-0.2, 0) is 4.74 Å². The first-order chi connectivity index (χ1) is 7.82. The molecule has 3 N–H and O–H groups in total. The van der Waals surface area contributed by atoms with Crippen molar-refractivity contribution in [3.05, 3.63) is 0 Å². The highest BCUT2D eigenvalue weighted by molar-refractivity contribution is 4.99. The van der Waals surface area contributed by atoms with Gasteiger partial charge in [-0.25, -0.2) is 0 Å². The van der Waals surface area contributed by atoms with Gasteiger partial charge < -0.3 is 15.8 Å². The topological polar surface area (TPSA) is 47.3 Å². The van der Waals surface area contributed by atoms with Gasteiger partial charge in [0.1, 0.15) is 0 Å². The molecule has 1 saturated carbocycles. The molecule has 17 heavy (non-hydrogen) atoms. The number of rotatable bonds is 5. The van der Waals surface area contributed by atoms with Crippen molar-refractivity contribution in [2.24, 2.45) is 17.1 Å². The standard InChI is InChI=1S/C14H30N2O/c1-11-6-13(3,4)9-14(7-11,10-15)16-8-12(2)17-5/h11-12,16H,6-10,15H2,1-5H3. The summed E-state index contributed by atoms with van der Waals surface area (Å²) < 4.78 is 5.31. The molecule has 0 aromatic carbocycles. The van der Waals surface area contributed by atoms with Crippen LogP contribution >= 0.6 is 0 Å². The normalized spacial score (nSPS) is 34.6. The number of methoxy groups -OCH3 is 1. The Kier molecular flexibility index (Phi) is 4.99. The summed E-state index contributed by atoms with van der Waals surface area (Å²) in [5, 5.41) is 3.67. The van der Waals surface area contributed by atoms with Crippen LogP contribution in [0.1, 0.15) is 47.0 Å². The summed E-state index contributed by atoms with van der Waals surface area (Å²) in [6.07, 6.45) is 3.90. The second kappa shape index (κ2) is 5.68. The van der Waals surface area contributed by atoms with Gasteiger partial charge in [0.25, 0.3) is 0 Å². The Morgan fingerprint density at radius 3 is 2.53 bits per heavy atom. The molecule has 102 valence electrons. The first-order valence-electron chi connectivity index (χ1n) is 6.80. The van der Waals surface area contributed by atoms with E-state index in [0.717, 1.165) is 25.4 Å². The number of hydrogen-bond acceptors (Lipinski definition) is 3. The van der Waals surface area contributed by atoms with Gasteiger partial charge in [0.15, 0.2) is 0 Å². The maximum Gasteiger partial charge on any atom is 0.0667 e. The molecule has 1 aliphatic rings. The molecule has 0 aromatic rings. The fraction of sp³-hybridized carbons (Fsp3) is 1.00. The SMILES string of the molecule is COC(C)CNC1(CN)CC(C)CC(C)(C)C1. The Bertz CT molecular complexity index is 242. The summed E-state index contributed by atoms with van der Waals surface area (Å²) >= 11 is 0. The molecule has 1 fully saturated rings. The van der Waals surface area contributed by atoms with Crippen molar-refractivity contribution >= 4 is 0 Å². The largest absolute Gasteiger partial charge is 0.380 e. The fourth-order valence-corrected chi connectivity index (χ4v) is 3.55. The zero-order valence-electron chi connectivity index (χ0n) is 12.2. The van der Waals surface area contributed by atoms with E-state index in [9.17, 15) is 0 Å². The van der Waals surface area contributed by atoms with Crippen LogP contribution in [0.25, 0.3) is 0 Å². The highest BCUT2D eigenvalue weighted by atomic mass is 16.5. The molecule has 1 rings (SSSR count). The molecule has 3 nitrogen and oxygen atoms in total. The third-order valence-electron chi connectivity index (χ3n) is 4.01. The van der Waals surface area contributed by atoms with E-state index in [0.29, 0.717) is 5.41 Å². The van der Waals surface area contributed by atoms with E-state index in [1.807, 2.05) is 0 Å². The van der Waals surface area contributed by atoms with Gasteiger partial charge in [0, 0.05) is 25.7 Å². The molecule has 0 spiro atoms. The fourth-order valence-electron chi connectivity index (χ4n) is 3.55. The van der Waals surface area contributed by atoms with Gasteiger partial charge in [0.2, 0.25) is 0 Å². The third-order valence-corrected chi connectivity index (χ3v) is 4.01. The van der Waals surface area contributed by atoms with Gasteiger partial charge in [0.05, 0.1) is 6.10 Å². The molecule has 3 unspecified atom stereocenters. The van der Waals surface area contributed by atoms with Crippen LogP contribution in [0.15, 0.2) is 0 Å². The average molecular weight is 242 g/mol. The van der Waals surface area contributed by atoms with Crippen molar-refractivity contribution in [1.29, 1.82) is 0 Å².